The number of aromatic nitrogens is 3. The fourth-order valence-corrected chi connectivity index (χ4v) is 2.20. The maximum atomic E-state index is 4.48. The van der Waals surface area contributed by atoms with E-state index in [4.69, 9.17) is 0 Å². The van der Waals surface area contributed by atoms with E-state index in [0.29, 0.717) is 0 Å². The van der Waals surface area contributed by atoms with Crippen LogP contribution in [0.3, 0.4) is 0 Å². The lowest BCUT2D eigenvalue weighted by Gasteiger charge is -1.93. The number of hydrogen-bond donors (Lipinski definition) is 0. The van der Waals surface area contributed by atoms with Gasteiger partial charge in [-0.05, 0) is 30.5 Å². The zero-order chi connectivity index (χ0) is 10.3. The predicted octanol–water partition coefficient (Wildman–Crippen LogP) is 2.77. The summed E-state index contributed by atoms with van der Waals surface area (Å²) >= 11 is 1.66. The summed E-state index contributed by atoms with van der Waals surface area (Å²) in [7, 11) is 0. The van der Waals surface area contributed by atoms with Crippen molar-refractivity contribution in [3.63, 3.8) is 0 Å². The van der Waals surface area contributed by atoms with Gasteiger partial charge in [-0.15, -0.1) is 16.4 Å². The van der Waals surface area contributed by atoms with E-state index in [0.717, 1.165) is 22.0 Å². The van der Waals surface area contributed by atoms with Crippen molar-refractivity contribution >= 4 is 17.0 Å². The van der Waals surface area contributed by atoms with Crippen LogP contribution < -0.4 is 0 Å². The highest BCUT2D eigenvalue weighted by molar-refractivity contribution is 7.13. The summed E-state index contributed by atoms with van der Waals surface area (Å²) in [6.45, 7) is 2.03. The van der Waals surface area contributed by atoms with Crippen LogP contribution in [0.15, 0.2) is 35.7 Å². The first-order valence-corrected chi connectivity index (χ1v) is 5.59. The van der Waals surface area contributed by atoms with E-state index in [1.165, 1.54) is 0 Å². The molecule has 0 aliphatic rings. The van der Waals surface area contributed by atoms with E-state index in [1.807, 2.05) is 47.2 Å². The second kappa shape index (κ2) is 3.17. The molecule has 74 valence electrons. The maximum Gasteiger partial charge on any atom is 0.192 e. The van der Waals surface area contributed by atoms with Crippen molar-refractivity contribution in [3.8, 4) is 10.7 Å². The second-order valence-electron chi connectivity index (χ2n) is 3.35. The van der Waals surface area contributed by atoms with Crippen LogP contribution in [0.25, 0.3) is 16.3 Å². The molecule has 0 unspecified atom stereocenters. The van der Waals surface area contributed by atoms with Gasteiger partial charge in [0.2, 0.25) is 0 Å². The molecule has 0 spiro atoms. The Bertz CT molecular complexity index is 595. The molecule has 0 radical (unpaired) electrons. The van der Waals surface area contributed by atoms with Crippen LogP contribution in [-0.2, 0) is 0 Å². The van der Waals surface area contributed by atoms with Crippen molar-refractivity contribution in [2.45, 2.75) is 6.92 Å². The van der Waals surface area contributed by atoms with E-state index in [1.54, 1.807) is 11.3 Å². The number of thiophene rings is 1. The Morgan fingerprint density at radius 1 is 1.20 bits per heavy atom. The molecule has 3 aromatic heterocycles. The molecule has 0 saturated heterocycles. The van der Waals surface area contributed by atoms with Crippen molar-refractivity contribution in [2.75, 3.05) is 0 Å². The Morgan fingerprint density at radius 2 is 2.13 bits per heavy atom. The molecule has 0 aliphatic heterocycles. The van der Waals surface area contributed by atoms with Gasteiger partial charge in [0, 0.05) is 5.69 Å². The lowest BCUT2D eigenvalue weighted by atomic mass is 10.4. The summed E-state index contributed by atoms with van der Waals surface area (Å²) < 4.78 is 1.87. The fourth-order valence-electron chi connectivity index (χ4n) is 1.55. The van der Waals surface area contributed by atoms with Gasteiger partial charge in [-0.1, -0.05) is 12.1 Å². The van der Waals surface area contributed by atoms with Gasteiger partial charge in [0.15, 0.2) is 11.5 Å². The van der Waals surface area contributed by atoms with Crippen LogP contribution in [0.2, 0.25) is 0 Å². The van der Waals surface area contributed by atoms with Crippen LogP contribution in [0.4, 0.5) is 0 Å². The molecule has 0 aromatic carbocycles. The van der Waals surface area contributed by atoms with Crippen molar-refractivity contribution in [2.24, 2.45) is 0 Å². The van der Waals surface area contributed by atoms with E-state index >= 15 is 0 Å². The first-order chi connectivity index (χ1) is 7.34. The Kier molecular flexibility index (Phi) is 1.82. The number of hydrogen-bond acceptors (Lipinski definition) is 3. The third kappa shape index (κ3) is 1.34. The molecule has 0 fully saturated rings. The van der Waals surface area contributed by atoms with Gasteiger partial charge in [0.25, 0.3) is 0 Å². The average molecular weight is 215 g/mol. The largest absolute Gasteiger partial charge is 0.218 e. The molecule has 3 heterocycles. The highest BCUT2D eigenvalue weighted by Gasteiger charge is 2.07. The summed E-state index contributed by atoms with van der Waals surface area (Å²) in [4.78, 5) is 5.59. The number of pyridine rings is 1. The summed E-state index contributed by atoms with van der Waals surface area (Å²) in [6.07, 6.45) is 0. The number of nitrogens with zero attached hydrogens (tertiary/aromatic N) is 3. The lowest BCUT2D eigenvalue weighted by Crippen LogP contribution is -1.91. The van der Waals surface area contributed by atoms with Crippen molar-refractivity contribution in [3.05, 3.63) is 41.4 Å². The summed E-state index contributed by atoms with van der Waals surface area (Å²) in [5.74, 6) is 0.805. The maximum absolute atomic E-state index is 4.48. The van der Waals surface area contributed by atoms with Gasteiger partial charge >= 0.3 is 0 Å². The van der Waals surface area contributed by atoms with Crippen LogP contribution in [0.5, 0.6) is 0 Å². The molecular weight excluding hydrogens is 206 g/mol. The van der Waals surface area contributed by atoms with Crippen molar-refractivity contribution in [1.82, 2.24) is 14.6 Å². The molecule has 3 rings (SSSR count). The van der Waals surface area contributed by atoms with Gasteiger partial charge < -0.3 is 0 Å². The number of rotatable bonds is 1. The second-order valence-corrected chi connectivity index (χ2v) is 4.30. The van der Waals surface area contributed by atoms with Crippen LogP contribution in [-0.4, -0.2) is 14.6 Å². The zero-order valence-corrected chi connectivity index (χ0v) is 9.03. The van der Waals surface area contributed by atoms with Gasteiger partial charge in [-0.2, -0.15) is 0 Å². The van der Waals surface area contributed by atoms with Gasteiger partial charge in [-0.3, -0.25) is 0 Å². The van der Waals surface area contributed by atoms with Gasteiger partial charge in [-0.25, -0.2) is 9.50 Å². The smallest absolute Gasteiger partial charge is 0.192 e. The molecule has 0 N–H and O–H groups in total. The molecule has 3 nitrogen and oxygen atoms in total. The molecule has 0 aliphatic carbocycles. The monoisotopic (exact) mass is 215 g/mol. The first-order valence-electron chi connectivity index (χ1n) is 4.71. The third-order valence-corrected chi connectivity index (χ3v) is 3.16. The van der Waals surface area contributed by atoms with Gasteiger partial charge in [0.1, 0.15) is 0 Å². The fraction of sp³-hybridized carbons (Fsp3) is 0.0909. The molecule has 15 heavy (non-hydrogen) atoms. The molecule has 3 aromatic rings. The predicted molar refractivity (Wildman–Crippen MR) is 61.0 cm³/mol. The molecule has 0 saturated carbocycles. The topological polar surface area (TPSA) is 30.2 Å². The van der Waals surface area contributed by atoms with Gasteiger partial charge in [0.05, 0.1) is 4.88 Å². The normalized spacial score (nSPS) is 11.0. The first kappa shape index (κ1) is 8.61. The summed E-state index contributed by atoms with van der Waals surface area (Å²) in [5, 5.41) is 6.51. The minimum absolute atomic E-state index is 0.805. The Hall–Kier alpha value is -1.68. The van der Waals surface area contributed by atoms with Crippen LogP contribution >= 0.6 is 11.3 Å². The molecule has 4 heteroatoms. The average Bonchev–Trinajstić information content (AvgIpc) is 2.86. The van der Waals surface area contributed by atoms with Crippen LogP contribution in [0, 0.1) is 6.92 Å². The minimum atomic E-state index is 0.805. The molecule has 0 atom stereocenters. The Labute approximate surface area is 91.0 Å². The van der Waals surface area contributed by atoms with Crippen molar-refractivity contribution in [1.29, 1.82) is 0 Å². The Morgan fingerprint density at radius 3 is 2.87 bits per heavy atom. The SMILES string of the molecule is Cc1cccc2nc(-c3cccs3)nn12. The number of fused-ring (bicyclic) bond motifs is 1. The molecule has 0 amide bonds. The molecule has 0 bridgehead atoms. The highest BCUT2D eigenvalue weighted by Crippen LogP contribution is 2.21. The van der Waals surface area contributed by atoms with E-state index in [9.17, 15) is 0 Å². The molecular formula is C11H9N3S. The standard InChI is InChI=1S/C11H9N3S/c1-8-4-2-6-10-12-11(13-14(8)10)9-5-3-7-15-9/h2-7H,1H3. The van der Waals surface area contributed by atoms with E-state index in [2.05, 4.69) is 10.1 Å². The summed E-state index contributed by atoms with van der Waals surface area (Å²) in [5.41, 5.74) is 2.00. The highest BCUT2D eigenvalue weighted by atomic mass is 32.1. The lowest BCUT2D eigenvalue weighted by molar-refractivity contribution is 0.919. The minimum Gasteiger partial charge on any atom is -0.218 e. The van der Waals surface area contributed by atoms with E-state index < -0.39 is 0 Å². The summed E-state index contributed by atoms with van der Waals surface area (Å²) in [6, 6.07) is 10.0. The Balaban J connectivity index is 2.27. The van der Waals surface area contributed by atoms with Crippen molar-refractivity contribution < 1.29 is 0 Å². The van der Waals surface area contributed by atoms with E-state index in [-0.39, 0.29) is 0 Å². The van der Waals surface area contributed by atoms with Crippen LogP contribution in [0.1, 0.15) is 5.69 Å². The quantitative estimate of drug-likeness (QED) is 0.624. The zero-order valence-electron chi connectivity index (χ0n) is 8.21. The number of aryl methyl sites for hydroxylation is 1. The third-order valence-electron chi connectivity index (χ3n) is 2.29.